The van der Waals surface area contributed by atoms with Crippen LogP contribution in [0.25, 0.3) is 23.4 Å². The zero-order chi connectivity index (χ0) is 18.5. The summed E-state index contributed by atoms with van der Waals surface area (Å²) in [4.78, 5) is 9.10. The Labute approximate surface area is 157 Å². The molecule has 0 bridgehead atoms. The molecule has 4 rings (SSSR count). The number of hydrogen-bond donors (Lipinski definition) is 3. The van der Waals surface area contributed by atoms with Crippen LogP contribution in [-0.2, 0) is 0 Å². The van der Waals surface area contributed by atoms with E-state index in [1.54, 1.807) is 18.5 Å². The van der Waals surface area contributed by atoms with Gasteiger partial charge in [-0.1, -0.05) is 24.3 Å². The van der Waals surface area contributed by atoms with Crippen molar-refractivity contribution in [1.82, 2.24) is 30.6 Å². The third-order valence-corrected chi connectivity index (χ3v) is 4.73. The molecule has 2 heterocycles. The van der Waals surface area contributed by atoms with Gasteiger partial charge in [0.2, 0.25) is 0 Å². The summed E-state index contributed by atoms with van der Waals surface area (Å²) in [5, 5.41) is 17.3. The maximum absolute atomic E-state index is 5.99. The van der Waals surface area contributed by atoms with Gasteiger partial charge < -0.3 is 11.1 Å². The van der Waals surface area contributed by atoms with E-state index in [0.717, 1.165) is 48.3 Å². The number of nitrogens with two attached hydrogens (primary N) is 1. The Bertz CT molecular complexity index is 898. The number of rotatable bonds is 5. The van der Waals surface area contributed by atoms with E-state index in [0.29, 0.717) is 17.9 Å². The van der Waals surface area contributed by atoms with Crippen LogP contribution in [0.4, 0.5) is 5.82 Å². The lowest BCUT2D eigenvalue weighted by molar-refractivity contribution is 0.410. The fourth-order valence-electron chi connectivity index (χ4n) is 3.26. The Hall–Kier alpha value is -3.13. The molecular formula is C19H22N8. The van der Waals surface area contributed by atoms with Crippen LogP contribution in [0.3, 0.4) is 0 Å². The SMILES string of the molecule is NC1CCC(Nc2cncc(-c3cccc(C=Cc4nn[nH]n4)c3)n2)CC1. The Morgan fingerprint density at radius 3 is 2.81 bits per heavy atom. The molecule has 0 saturated heterocycles. The molecule has 4 N–H and O–H groups in total. The van der Waals surface area contributed by atoms with Gasteiger partial charge in [-0.2, -0.15) is 5.21 Å². The van der Waals surface area contributed by atoms with Crippen molar-refractivity contribution >= 4 is 18.0 Å². The monoisotopic (exact) mass is 362 g/mol. The molecular weight excluding hydrogens is 340 g/mol. The molecule has 0 aliphatic heterocycles. The van der Waals surface area contributed by atoms with Crippen LogP contribution in [0, 0.1) is 0 Å². The van der Waals surface area contributed by atoms with Crippen molar-refractivity contribution in [2.45, 2.75) is 37.8 Å². The Balaban J connectivity index is 1.49. The highest BCUT2D eigenvalue weighted by Gasteiger charge is 2.18. The van der Waals surface area contributed by atoms with Crippen LogP contribution >= 0.6 is 0 Å². The lowest BCUT2D eigenvalue weighted by atomic mass is 9.92. The van der Waals surface area contributed by atoms with Gasteiger partial charge >= 0.3 is 0 Å². The Kier molecular flexibility index (Phi) is 5.15. The minimum Gasteiger partial charge on any atom is -0.366 e. The van der Waals surface area contributed by atoms with Gasteiger partial charge in [-0.25, -0.2) is 4.98 Å². The fraction of sp³-hybridized carbons (Fsp3) is 0.316. The molecule has 0 unspecified atom stereocenters. The van der Waals surface area contributed by atoms with Crippen LogP contribution < -0.4 is 11.1 Å². The molecule has 2 aromatic heterocycles. The molecule has 1 saturated carbocycles. The number of tetrazole rings is 1. The Morgan fingerprint density at radius 1 is 1.11 bits per heavy atom. The van der Waals surface area contributed by atoms with E-state index in [1.807, 2.05) is 24.3 Å². The molecule has 8 heteroatoms. The van der Waals surface area contributed by atoms with Crippen LogP contribution in [-0.4, -0.2) is 42.7 Å². The quantitative estimate of drug-likeness (QED) is 0.638. The summed E-state index contributed by atoms with van der Waals surface area (Å²) >= 11 is 0. The second kappa shape index (κ2) is 8.05. The minimum absolute atomic E-state index is 0.337. The number of nitrogens with one attached hydrogen (secondary N) is 2. The third kappa shape index (κ3) is 4.53. The van der Waals surface area contributed by atoms with Crippen molar-refractivity contribution in [2.24, 2.45) is 5.73 Å². The molecule has 27 heavy (non-hydrogen) atoms. The van der Waals surface area contributed by atoms with Gasteiger partial charge in [0, 0.05) is 17.6 Å². The first-order valence-corrected chi connectivity index (χ1v) is 9.12. The minimum atomic E-state index is 0.337. The number of benzene rings is 1. The van der Waals surface area contributed by atoms with Crippen molar-refractivity contribution in [1.29, 1.82) is 0 Å². The first-order chi connectivity index (χ1) is 13.3. The summed E-state index contributed by atoms with van der Waals surface area (Å²) in [6, 6.07) is 8.85. The predicted octanol–water partition coefficient (Wildman–Crippen LogP) is 2.51. The van der Waals surface area contributed by atoms with Gasteiger partial charge in [-0.15, -0.1) is 10.2 Å². The predicted molar refractivity (Wildman–Crippen MR) is 104 cm³/mol. The van der Waals surface area contributed by atoms with E-state index >= 15 is 0 Å². The summed E-state index contributed by atoms with van der Waals surface area (Å²) in [5.41, 5.74) is 8.85. The first kappa shape index (κ1) is 17.3. The van der Waals surface area contributed by atoms with Crippen molar-refractivity contribution in [3.63, 3.8) is 0 Å². The summed E-state index contributed by atoms with van der Waals surface area (Å²) in [6.45, 7) is 0. The van der Waals surface area contributed by atoms with E-state index in [1.165, 1.54) is 0 Å². The zero-order valence-electron chi connectivity index (χ0n) is 14.9. The smallest absolute Gasteiger partial charge is 0.197 e. The van der Waals surface area contributed by atoms with Gasteiger partial charge in [0.15, 0.2) is 5.82 Å². The summed E-state index contributed by atoms with van der Waals surface area (Å²) < 4.78 is 0. The van der Waals surface area contributed by atoms with E-state index in [9.17, 15) is 0 Å². The highest BCUT2D eigenvalue weighted by Crippen LogP contribution is 2.23. The molecule has 0 amide bonds. The van der Waals surface area contributed by atoms with Crippen LogP contribution in [0.5, 0.6) is 0 Å². The number of nitrogens with zero attached hydrogens (tertiary/aromatic N) is 5. The van der Waals surface area contributed by atoms with E-state index in [-0.39, 0.29) is 0 Å². The summed E-state index contributed by atoms with van der Waals surface area (Å²) in [7, 11) is 0. The second-order valence-electron chi connectivity index (χ2n) is 6.77. The maximum atomic E-state index is 5.99. The average molecular weight is 362 g/mol. The second-order valence-corrected chi connectivity index (χ2v) is 6.77. The lowest BCUT2D eigenvalue weighted by Gasteiger charge is -2.27. The molecule has 0 spiro atoms. The summed E-state index contributed by atoms with van der Waals surface area (Å²) in [5.74, 6) is 1.35. The van der Waals surface area contributed by atoms with Crippen molar-refractivity contribution < 1.29 is 0 Å². The highest BCUT2D eigenvalue weighted by molar-refractivity contribution is 5.71. The van der Waals surface area contributed by atoms with Gasteiger partial charge in [-0.05, 0) is 48.6 Å². The van der Waals surface area contributed by atoms with Gasteiger partial charge in [0.25, 0.3) is 0 Å². The summed E-state index contributed by atoms with van der Waals surface area (Å²) in [6.07, 6.45) is 11.6. The number of anilines is 1. The normalized spacial score (nSPS) is 20.0. The number of H-pyrrole nitrogens is 1. The van der Waals surface area contributed by atoms with Gasteiger partial charge in [-0.3, -0.25) is 4.98 Å². The standard InChI is InChI=1S/C19H22N8/c20-15-5-7-16(8-6-15)22-19-12-21-11-17(23-19)14-3-1-2-13(10-14)4-9-18-24-26-27-25-18/h1-4,9-12,15-16H,5-8,20H2,(H,22,23)(H,24,25,26,27). The van der Waals surface area contributed by atoms with E-state index in [4.69, 9.17) is 10.7 Å². The van der Waals surface area contributed by atoms with Crippen molar-refractivity contribution in [2.75, 3.05) is 5.32 Å². The van der Waals surface area contributed by atoms with Crippen molar-refractivity contribution in [3.05, 3.63) is 48.0 Å². The lowest BCUT2D eigenvalue weighted by Crippen LogP contribution is -2.33. The van der Waals surface area contributed by atoms with Crippen LogP contribution in [0.2, 0.25) is 0 Å². The molecule has 1 aromatic carbocycles. The zero-order valence-corrected chi connectivity index (χ0v) is 14.9. The number of hydrogen-bond acceptors (Lipinski definition) is 7. The molecule has 0 radical (unpaired) electrons. The van der Waals surface area contributed by atoms with E-state index in [2.05, 4.69) is 37.0 Å². The number of aromatic nitrogens is 6. The maximum Gasteiger partial charge on any atom is 0.197 e. The van der Waals surface area contributed by atoms with Crippen LogP contribution in [0.15, 0.2) is 36.7 Å². The fourth-order valence-corrected chi connectivity index (χ4v) is 3.26. The molecule has 0 atom stereocenters. The van der Waals surface area contributed by atoms with Crippen molar-refractivity contribution in [3.8, 4) is 11.3 Å². The number of aromatic amines is 1. The topological polar surface area (TPSA) is 118 Å². The Morgan fingerprint density at radius 2 is 2.00 bits per heavy atom. The average Bonchev–Trinajstić information content (AvgIpc) is 3.22. The third-order valence-electron chi connectivity index (χ3n) is 4.73. The molecule has 8 nitrogen and oxygen atoms in total. The van der Waals surface area contributed by atoms with Crippen LogP contribution in [0.1, 0.15) is 37.1 Å². The van der Waals surface area contributed by atoms with Gasteiger partial charge in [0.1, 0.15) is 5.82 Å². The molecule has 1 fully saturated rings. The van der Waals surface area contributed by atoms with Gasteiger partial charge in [0.05, 0.1) is 18.1 Å². The van der Waals surface area contributed by atoms with E-state index < -0.39 is 0 Å². The largest absolute Gasteiger partial charge is 0.366 e. The molecule has 138 valence electrons. The molecule has 1 aliphatic rings. The first-order valence-electron chi connectivity index (χ1n) is 9.12. The highest BCUT2D eigenvalue weighted by atomic mass is 15.5. The molecule has 3 aromatic rings. The molecule has 1 aliphatic carbocycles.